The summed E-state index contributed by atoms with van der Waals surface area (Å²) in [6.07, 6.45) is 3.04. The van der Waals surface area contributed by atoms with E-state index < -0.39 is 0 Å². The van der Waals surface area contributed by atoms with Gasteiger partial charge in [-0.05, 0) is 67.3 Å². The van der Waals surface area contributed by atoms with Crippen LogP contribution in [0.5, 0.6) is 0 Å². The van der Waals surface area contributed by atoms with Crippen LogP contribution in [0.2, 0.25) is 10.0 Å². The van der Waals surface area contributed by atoms with Crippen LogP contribution in [0.15, 0.2) is 53.5 Å². The summed E-state index contributed by atoms with van der Waals surface area (Å²) in [5.74, 6) is 1.66. The number of hydrogen-bond acceptors (Lipinski definition) is 3. The van der Waals surface area contributed by atoms with Gasteiger partial charge in [0, 0.05) is 34.3 Å². The number of benzene rings is 2. The molecule has 3 rings (SSSR count). The Morgan fingerprint density at radius 2 is 1.65 bits per heavy atom. The van der Waals surface area contributed by atoms with Crippen molar-refractivity contribution in [3.63, 3.8) is 0 Å². The third kappa shape index (κ3) is 4.87. The number of ketones is 1. The Bertz CT molecular complexity index is 785. The van der Waals surface area contributed by atoms with Gasteiger partial charge in [-0.25, -0.2) is 0 Å². The summed E-state index contributed by atoms with van der Waals surface area (Å²) >= 11 is 12.0. The molecule has 136 valence electrons. The van der Waals surface area contributed by atoms with Crippen molar-refractivity contribution in [2.45, 2.75) is 26.2 Å². The first-order valence-corrected chi connectivity index (χ1v) is 9.63. The number of rotatable bonds is 4. The lowest BCUT2D eigenvalue weighted by molar-refractivity contribution is 0.100. The zero-order valence-electron chi connectivity index (χ0n) is 14.8. The van der Waals surface area contributed by atoms with Crippen LogP contribution >= 0.6 is 23.2 Å². The van der Waals surface area contributed by atoms with Crippen molar-refractivity contribution < 1.29 is 4.79 Å². The van der Waals surface area contributed by atoms with Crippen LogP contribution in [0.1, 0.15) is 36.5 Å². The lowest BCUT2D eigenvalue weighted by atomic mass is 10.0. The van der Waals surface area contributed by atoms with E-state index in [4.69, 9.17) is 28.2 Å². The molecule has 1 heterocycles. The Hall–Kier alpha value is -1.84. The number of carbonyl (C=O) groups excluding carboxylic acids is 1. The van der Waals surface area contributed by atoms with E-state index in [0.717, 1.165) is 37.3 Å². The maximum absolute atomic E-state index is 12.8. The maximum Gasteiger partial charge on any atom is 0.182 e. The van der Waals surface area contributed by atoms with Crippen molar-refractivity contribution in [3.05, 3.63) is 64.1 Å². The predicted molar refractivity (Wildman–Crippen MR) is 110 cm³/mol. The number of Topliss-reactive ketones (excluding diaryl/α,β-unsaturated/α-hetero) is 1. The van der Waals surface area contributed by atoms with Gasteiger partial charge in [-0.3, -0.25) is 9.79 Å². The van der Waals surface area contributed by atoms with Crippen molar-refractivity contribution in [2.24, 2.45) is 10.9 Å². The lowest BCUT2D eigenvalue weighted by Crippen LogP contribution is -2.36. The number of nitrogens with zero attached hydrogens (tertiary/aromatic N) is 2. The third-order valence-corrected chi connectivity index (χ3v) is 5.20. The van der Waals surface area contributed by atoms with Gasteiger partial charge in [-0.2, -0.15) is 0 Å². The standard InChI is InChI=1S/C21H22Cl2N2O/c1-15-2-11-21(24-13-12-15)25(19-9-7-18(23)8-10-19)14-20(26)16-3-5-17(22)6-4-16/h3-10,15H,2,11-14H2,1H3/t15-/m0/s1. The molecule has 5 heteroatoms. The first kappa shape index (κ1) is 18.9. The van der Waals surface area contributed by atoms with Gasteiger partial charge >= 0.3 is 0 Å². The molecule has 3 nitrogen and oxygen atoms in total. The van der Waals surface area contributed by atoms with Crippen LogP contribution in [-0.2, 0) is 0 Å². The molecule has 0 saturated heterocycles. The minimum atomic E-state index is 0.0385. The second kappa shape index (κ2) is 8.70. The highest BCUT2D eigenvalue weighted by Crippen LogP contribution is 2.24. The van der Waals surface area contributed by atoms with Gasteiger partial charge in [-0.1, -0.05) is 30.1 Å². The van der Waals surface area contributed by atoms with Crippen LogP contribution in [0.25, 0.3) is 0 Å². The summed E-state index contributed by atoms with van der Waals surface area (Å²) in [5, 5.41) is 1.30. The zero-order chi connectivity index (χ0) is 18.5. The SMILES string of the molecule is C[C@@H]1CCN=C(N(CC(=O)c2ccc(Cl)cc2)c2ccc(Cl)cc2)CC1. The first-order chi connectivity index (χ1) is 12.5. The van der Waals surface area contributed by atoms with Crippen LogP contribution in [-0.4, -0.2) is 24.7 Å². The molecular formula is C21H22Cl2N2O. The molecule has 1 aliphatic heterocycles. The van der Waals surface area contributed by atoms with Crippen molar-refractivity contribution in [2.75, 3.05) is 18.0 Å². The van der Waals surface area contributed by atoms with Gasteiger partial charge in [0.2, 0.25) is 0 Å². The molecule has 0 aliphatic carbocycles. The molecule has 0 radical (unpaired) electrons. The van der Waals surface area contributed by atoms with E-state index in [9.17, 15) is 4.79 Å². The molecule has 2 aromatic carbocycles. The molecule has 0 aromatic heterocycles. The van der Waals surface area contributed by atoms with Crippen LogP contribution < -0.4 is 4.90 Å². The molecular weight excluding hydrogens is 367 g/mol. The molecule has 0 amide bonds. The summed E-state index contributed by atoms with van der Waals surface area (Å²) in [6.45, 7) is 3.30. The Morgan fingerprint density at radius 3 is 2.31 bits per heavy atom. The second-order valence-electron chi connectivity index (χ2n) is 6.72. The van der Waals surface area contributed by atoms with Gasteiger partial charge < -0.3 is 4.90 Å². The Balaban J connectivity index is 1.87. The van der Waals surface area contributed by atoms with Crippen molar-refractivity contribution in [3.8, 4) is 0 Å². The Kier molecular flexibility index (Phi) is 6.33. The highest BCUT2D eigenvalue weighted by Gasteiger charge is 2.21. The van der Waals surface area contributed by atoms with Crippen molar-refractivity contribution >= 4 is 40.5 Å². The minimum absolute atomic E-state index is 0.0385. The van der Waals surface area contributed by atoms with Crippen LogP contribution in [0, 0.1) is 5.92 Å². The average Bonchev–Trinajstić information content (AvgIpc) is 2.85. The maximum atomic E-state index is 12.8. The number of amidine groups is 1. The number of aliphatic imine (C=N–C) groups is 1. The molecule has 0 spiro atoms. The molecule has 0 N–H and O–H groups in total. The molecule has 0 unspecified atom stereocenters. The third-order valence-electron chi connectivity index (χ3n) is 4.69. The molecule has 26 heavy (non-hydrogen) atoms. The quantitative estimate of drug-likeness (QED) is 0.610. The molecule has 0 fully saturated rings. The number of anilines is 1. The topological polar surface area (TPSA) is 32.7 Å². The van der Waals surface area contributed by atoms with Gasteiger partial charge in [0.15, 0.2) is 5.78 Å². The predicted octanol–water partition coefficient (Wildman–Crippen LogP) is 5.90. The van der Waals surface area contributed by atoms with Gasteiger partial charge in [0.1, 0.15) is 5.84 Å². The first-order valence-electron chi connectivity index (χ1n) is 8.88. The van der Waals surface area contributed by atoms with E-state index in [2.05, 4.69) is 6.92 Å². The lowest BCUT2D eigenvalue weighted by Gasteiger charge is -2.26. The van der Waals surface area contributed by atoms with Gasteiger partial charge in [-0.15, -0.1) is 0 Å². The number of halogens is 2. The van der Waals surface area contributed by atoms with Crippen molar-refractivity contribution in [1.29, 1.82) is 0 Å². The highest BCUT2D eigenvalue weighted by molar-refractivity contribution is 6.31. The normalized spacial score (nSPS) is 17.3. The summed E-state index contributed by atoms with van der Waals surface area (Å²) in [4.78, 5) is 19.6. The fourth-order valence-corrected chi connectivity index (χ4v) is 3.31. The van der Waals surface area contributed by atoms with E-state index in [1.165, 1.54) is 0 Å². The summed E-state index contributed by atoms with van der Waals surface area (Å²) < 4.78 is 0. The summed E-state index contributed by atoms with van der Waals surface area (Å²) in [6, 6.07) is 14.6. The van der Waals surface area contributed by atoms with Crippen molar-refractivity contribution in [1.82, 2.24) is 0 Å². The molecule has 0 saturated carbocycles. The van der Waals surface area contributed by atoms with E-state index in [1.54, 1.807) is 24.3 Å². The Labute approximate surface area is 164 Å². The van der Waals surface area contributed by atoms with Crippen LogP contribution in [0.4, 0.5) is 5.69 Å². The summed E-state index contributed by atoms with van der Waals surface area (Å²) in [7, 11) is 0. The van der Waals surface area contributed by atoms with E-state index in [-0.39, 0.29) is 12.3 Å². The van der Waals surface area contributed by atoms with Gasteiger partial charge in [0.25, 0.3) is 0 Å². The van der Waals surface area contributed by atoms with E-state index in [1.807, 2.05) is 29.2 Å². The Morgan fingerprint density at radius 1 is 1.04 bits per heavy atom. The monoisotopic (exact) mass is 388 g/mol. The second-order valence-corrected chi connectivity index (χ2v) is 7.60. The fraction of sp³-hybridized carbons (Fsp3) is 0.333. The fourth-order valence-electron chi connectivity index (χ4n) is 3.06. The molecule has 1 aliphatic rings. The van der Waals surface area contributed by atoms with E-state index >= 15 is 0 Å². The number of carbonyl (C=O) groups is 1. The molecule has 0 bridgehead atoms. The molecule has 2 aromatic rings. The summed E-state index contributed by atoms with van der Waals surface area (Å²) in [5.41, 5.74) is 1.58. The average molecular weight is 389 g/mol. The highest BCUT2D eigenvalue weighted by atomic mass is 35.5. The minimum Gasteiger partial charge on any atom is -0.322 e. The van der Waals surface area contributed by atoms with E-state index in [0.29, 0.717) is 21.5 Å². The van der Waals surface area contributed by atoms with Crippen LogP contribution in [0.3, 0.4) is 0 Å². The smallest absolute Gasteiger partial charge is 0.182 e. The largest absolute Gasteiger partial charge is 0.322 e. The zero-order valence-corrected chi connectivity index (χ0v) is 16.3. The molecule has 1 atom stereocenters. The number of hydrogen-bond donors (Lipinski definition) is 0. The van der Waals surface area contributed by atoms with Gasteiger partial charge in [0.05, 0.1) is 6.54 Å².